The Labute approximate surface area is 127 Å². The van der Waals surface area contributed by atoms with Gasteiger partial charge in [0.25, 0.3) is 0 Å². The maximum absolute atomic E-state index is 5.98. The third-order valence-electron chi connectivity index (χ3n) is 2.65. The Morgan fingerprint density at radius 3 is 2.79 bits per heavy atom. The standard InChI is InChI=1S/C13H15Cl2N3S/c1-3-16-8(2)12-7-19-13(18-12)17-9-4-5-10(14)11(15)6-9/h4-8,16H,3H2,1-2H3,(H,17,18). The van der Waals surface area contributed by atoms with Crippen molar-refractivity contribution in [2.75, 3.05) is 11.9 Å². The minimum Gasteiger partial charge on any atom is -0.331 e. The van der Waals surface area contributed by atoms with Gasteiger partial charge in [-0.25, -0.2) is 4.98 Å². The molecule has 3 nitrogen and oxygen atoms in total. The summed E-state index contributed by atoms with van der Waals surface area (Å²) in [4.78, 5) is 4.54. The zero-order valence-electron chi connectivity index (χ0n) is 10.7. The van der Waals surface area contributed by atoms with Crippen molar-refractivity contribution < 1.29 is 0 Å². The SMILES string of the molecule is CCNC(C)c1csc(Nc2ccc(Cl)c(Cl)c2)n1. The predicted octanol–water partition coefficient (Wildman–Crippen LogP) is 4.86. The van der Waals surface area contributed by atoms with Crippen LogP contribution >= 0.6 is 34.5 Å². The van der Waals surface area contributed by atoms with Crippen LogP contribution in [-0.2, 0) is 0 Å². The first-order valence-electron chi connectivity index (χ1n) is 6.01. The van der Waals surface area contributed by atoms with Crippen molar-refractivity contribution in [3.05, 3.63) is 39.3 Å². The molecule has 0 aliphatic rings. The Hall–Kier alpha value is -0.810. The topological polar surface area (TPSA) is 37.0 Å². The molecule has 0 radical (unpaired) electrons. The van der Waals surface area contributed by atoms with Crippen LogP contribution in [0.2, 0.25) is 10.0 Å². The molecular weight excluding hydrogens is 301 g/mol. The van der Waals surface area contributed by atoms with Gasteiger partial charge in [-0.1, -0.05) is 30.1 Å². The molecule has 1 aromatic heterocycles. The molecule has 0 aliphatic carbocycles. The Kier molecular flexibility index (Phi) is 5.05. The van der Waals surface area contributed by atoms with E-state index in [1.807, 2.05) is 11.4 Å². The van der Waals surface area contributed by atoms with E-state index < -0.39 is 0 Å². The lowest BCUT2D eigenvalue weighted by Gasteiger charge is -2.08. The van der Waals surface area contributed by atoms with Gasteiger partial charge in [0.05, 0.1) is 15.7 Å². The molecule has 1 heterocycles. The third kappa shape index (κ3) is 3.83. The molecule has 0 spiro atoms. The largest absolute Gasteiger partial charge is 0.331 e. The molecule has 0 aliphatic heterocycles. The van der Waals surface area contributed by atoms with Crippen molar-refractivity contribution in [1.82, 2.24) is 10.3 Å². The molecule has 1 unspecified atom stereocenters. The van der Waals surface area contributed by atoms with Crippen LogP contribution in [0.4, 0.5) is 10.8 Å². The molecule has 0 saturated carbocycles. The molecule has 0 bridgehead atoms. The number of halogens is 2. The summed E-state index contributed by atoms with van der Waals surface area (Å²) in [6.45, 7) is 5.10. The highest BCUT2D eigenvalue weighted by molar-refractivity contribution is 7.13. The van der Waals surface area contributed by atoms with Crippen LogP contribution in [-0.4, -0.2) is 11.5 Å². The van der Waals surface area contributed by atoms with Crippen molar-refractivity contribution in [2.45, 2.75) is 19.9 Å². The van der Waals surface area contributed by atoms with Crippen LogP contribution in [0.25, 0.3) is 0 Å². The lowest BCUT2D eigenvalue weighted by molar-refractivity contribution is 0.587. The van der Waals surface area contributed by atoms with Gasteiger partial charge in [-0.05, 0) is 31.7 Å². The Morgan fingerprint density at radius 1 is 1.32 bits per heavy atom. The maximum Gasteiger partial charge on any atom is 0.187 e. The fourth-order valence-electron chi connectivity index (χ4n) is 1.65. The first-order valence-corrected chi connectivity index (χ1v) is 7.64. The van der Waals surface area contributed by atoms with Gasteiger partial charge in [0, 0.05) is 17.1 Å². The minimum atomic E-state index is 0.255. The summed E-state index contributed by atoms with van der Waals surface area (Å²) in [6, 6.07) is 5.69. The third-order valence-corrected chi connectivity index (χ3v) is 4.16. The number of benzene rings is 1. The van der Waals surface area contributed by atoms with E-state index >= 15 is 0 Å². The van der Waals surface area contributed by atoms with Crippen LogP contribution in [0.5, 0.6) is 0 Å². The van der Waals surface area contributed by atoms with Crippen molar-refractivity contribution in [2.24, 2.45) is 0 Å². The van der Waals surface area contributed by atoms with E-state index in [0.717, 1.165) is 23.1 Å². The monoisotopic (exact) mass is 315 g/mol. The van der Waals surface area contributed by atoms with Crippen LogP contribution in [0.3, 0.4) is 0 Å². The molecule has 6 heteroatoms. The number of anilines is 2. The van der Waals surface area contributed by atoms with Gasteiger partial charge in [-0.3, -0.25) is 0 Å². The Morgan fingerprint density at radius 2 is 2.11 bits per heavy atom. The average Bonchev–Trinajstić information content (AvgIpc) is 2.83. The van der Waals surface area contributed by atoms with Gasteiger partial charge in [-0.15, -0.1) is 11.3 Å². The second kappa shape index (κ2) is 6.57. The molecule has 19 heavy (non-hydrogen) atoms. The highest BCUT2D eigenvalue weighted by atomic mass is 35.5. The summed E-state index contributed by atoms with van der Waals surface area (Å²) in [5.41, 5.74) is 1.92. The van der Waals surface area contributed by atoms with Crippen LogP contribution in [0, 0.1) is 0 Å². The number of nitrogens with zero attached hydrogens (tertiary/aromatic N) is 1. The first kappa shape index (κ1) is 14.6. The number of thiazole rings is 1. The van der Waals surface area contributed by atoms with Crippen molar-refractivity contribution >= 4 is 45.4 Å². The fraction of sp³-hybridized carbons (Fsp3) is 0.308. The number of rotatable bonds is 5. The summed E-state index contributed by atoms with van der Waals surface area (Å²) in [5, 5.41) is 10.5. The highest BCUT2D eigenvalue weighted by Crippen LogP contribution is 2.28. The zero-order valence-corrected chi connectivity index (χ0v) is 13.0. The van der Waals surface area contributed by atoms with Crippen molar-refractivity contribution in [1.29, 1.82) is 0 Å². The van der Waals surface area contributed by atoms with E-state index in [1.54, 1.807) is 23.5 Å². The highest BCUT2D eigenvalue weighted by Gasteiger charge is 2.09. The summed E-state index contributed by atoms with van der Waals surface area (Å²) in [5.74, 6) is 0. The maximum atomic E-state index is 5.98. The Bertz CT molecular complexity index is 557. The zero-order chi connectivity index (χ0) is 13.8. The molecule has 0 saturated heterocycles. The number of hydrogen-bond donors (Lipinski definition) is 2. The average molecular weight is 316 g/mol. The van der Waals surface area contributed by atoms with Gasteiger partial charge in [0.1, 0.15) is 0 Å². The summed E-state index contributed by atoms with van der Waals surface area (Å²) >= 11 is 13.4. The van der Waals surface area contributed by atoms with Gasteiger partial charge < -0.3 is 10.6 Å². The number of aromatic nitrogens is 1. The molecule has 1 aromatic carbocycles. The lowest BCUT2D eigenvalue weighted by Crippen LogP contribution is -2.17. The van der Waals surface area contributed by atoms with Gasteiger partial charge >= 0.3 is 0 Å². The molecule has 1 atom stereocenters. The molecular formula is C13H15Cl2N3S. The molecule has 2 aromatic rings. The summed E-state index contributed by atoms with van der Waals surface area (Å²) < 4.78 is 0. The quantitative estimate of drug-likeness (QED) is 0.827. The van der Waals surface area contributed by atoms with Crippen LogP contribution in [0.1, 0.15) is 25.6 Å². The second-order valence-corrected chi connectivity index (χ2v) is 5.78. The summed E-state index contributed by atoms with van der Waals surface area (Å²) in [7, 11) is 0. The van der Waals surface area contributed by atoms with E-state index in [0.29, 0.717) is 10.0 Å². The van der Waals surface area contributed by atoms with Gasteiger partial charge in [0.15, 0.2) is 5.13 Å². The molecule has 2 rings (SSSR count). The fourth-order valence-corrected chi connectivity index (χ4v) is 2.77. The number of nitrogens with one attached hydrogen (secondary N) is 2. The second-order valence-electron chi connectivity index (χ2n) is 4.11. The van der Waals surface area contributed by atoms with Crippen LogP contribution in [0.15, 0.2) is 23.6 Å². The molecule has 102 valence electrons. The van der Waals surface area contributed by atoms with Crippen molar-refractivity contribution in [3.8, 4) is 0 Å². The molecule has 0 fully saturated rings. The van der Waals surface area contributed by atoms with Gasteiger partial charge in [0.2, 0.25) is 0 Å². The minimum absolute atomic E-state index is 0.255. The Balaban J connectivity index is 2.09. The number of hydrogen-bond acceptors (Lipinski definition) is 4. The molecule has 2 N–H and O–H groups in total. The van der Waals surface area contributed by atoms with E-state index in [9.17, 15) is 0 Å². The van der Waals surface area contributed by atoms with Gasteiger partial charge in [-0.2, -0.15) is 0 Å². The van der Waals surface area contributed by atoms with E-state index in [2.05, 4.69) is 29.5 Å². The van der Waals surface area contributed by atoms with Crippen molar-refractivity contribution in [3.63, 3.8) is 0 Å². The first-order chi connectivity index (χ1) is 9.10. The lowest BCUT2D eigenvalue weighted by atomic mass is 10.2. The van der Waals surface area contributed by atoms with E-state index in [4.69, 9.17) is 23.2 Å². The van der Waals surface area contributed by atoms with E-state index in [1.165, 1.54) is 0 Å². The summed E-state index contributed by atoms with van der Waals surface area (Å²) in [6.07, 6.45) is 0. The van der Waals surface area contributed by atoms with Crippen LogP contribution < -0.4 is 10.6 Å². The van der Waals surface area contributed by atoms with E-state index in [-0.39, 0.29) is 6.04 Å². The predicted molar refractivity (Wildman–Crippen MR) is 84.0 cm³/mol. The normalized spacial score (nSPS) is 12.4. The molecule has 0 amide bonds. The smallest absolute Gasteiger partial charge is 0.187 e.